The maximum Gasteiger partial charge on any atom is 0.221 e. The van der Waals surface area contributed by atoms with Crippen LogP contribution in [-0.2, 0) is 19.1 Å². The molecule has 1 aliphatic heterocycles. The minimum atomic E-state index is -2.20. The zero-order valence-electron chi connectivity index (χ0n) is 18.0. The van der Waals surface area contributed by atoms with E-state index in [0.717, 1.165) is 0 Å². The number of alkyl halides is 2. The number of aliphatic hydroxyl groups is 1. The third-order valence-electron chi connectivity index (χ3n) is 8.94. The van der Waals surface area contributed by atoms with Crippen LogP contribution in [0.2, 0.25) is 0 Å². The van der Waals surface area contributed by atoms with Crippen molar-refractivity contribution in [2.24, 2.45) is 22.7 Å². The van der Waals surface area contributed by atoms with E-state index >= 15 is 8.78 Å². The second-order valence-electron chi connectivity index (χ2n) is 10.7. The van der Waals surface area contributed by atoms with Gasteiger partial charge < -0.3 is 14.6 Å². The lowest BCUT2D eigenvalue weighted by molar-refractivity contribution is -0.246. The van der Waals surface area contributed by atoms with E-state index in [1.807, 2.05) is 0 Å². The number of aliphatic hydroxyl groups excluding tert-OH is 1. The zero-order chi connectivity index (χ0) is 22.8. The van der Waals surface area contributed by atoms with Crippen molar-refractivity contribution in [2.75, 3.05) is 0 Å². The highest BCUT2D eigenvalue weighted by molar-refractivity contribution is 7.96. The van der Waals surface area contributed by atoms with E-state index in [9.17, 15) is 14.7 Å². The summed E-state index contributed by atoms with van der Waals surface area (Å²) >= 11 is 4.14. The first-order valence-corrected chi connectivity index (χ1v) is 11.3. The molecule has 0 aromatic carbocycles. The minimum Gasteiger partial charge on any atom is -0.390 e. The molecule has 5 unspecified atom stereocenters. The third-order valence-corrected chi connectivity index (χ3v) is 9.27. The Morgan fingerprint density at radius 3 is 2.55 bits per heavy atom. The molecule has 4 fully saturated rings. The molecule has 4 aliphatic carbocycles. The van der Waals surface area contributed by atoms with E-state index in [1.54, 1.807) is 27.7 Å². The van der Waals surface area contributed by atoms with Crippen molar-refractivity contribution in [2.45, 2.75) is 82.4 Å². The van der Waals surface area contributed by atoms with Crippen LogP contribution in [0.3, 0.4) is 0 Å². The lowest BCUT2D eigenvalue weighted by Crippen LogP contribution is -2.70. The number of fused-ring (bicyclic) bond motifs is 7. The average Bonchev–Trinajstić information content (AvgIpc) is 3.06. The molecular formula is C23H28F2O5S. The molecule has 9 atom stereocenters. The number of ether oxygens (including phenoxy) is 2. The van der Waals surface area contributed by atoms with E-state index in [1.165, 1.54) is 18.2 Å². The van der Waals surface area contributed by atoms with Crippen molar-refractivity contribution in [1.29, 1.82) is 0 Å². The first-order chi connectivity index (χ1) is 14.2. The molecule has 3 saturated carbocycles. The van der Waals surface area contributed by atoms with Crippen LogP contribution in [0.4, 0.5) is 8.78 Å². The van der Waals surface area contributed by atoms with E-state index in [0.29, 0.717) is 6.42 Å². The Morgan fingerprint density at radius 1 is 1.23 bits per heavy atom. The molecule has 5 aliphatic rings. The van der Waals surface area contributed by atoms with Gasteiger partial charge in [0.2, 0.25) is 5.12 Å². The van der Waals surface area contributed by atoms with Gasteiger partial charge in [-0.15, -0.1) is 12.6 Å². The molecule has 170 valence electrons. The molecule has 31 heavy (non-hydrogen) atoms. The fourth-order valence-corrected chi connectivity index (χ4v) is 8.12. The minimum absolute atomic E-state index is 0.0610. The highest BCUT2D eigenvalue weighted by Crippen LogP contribution is 2.72. The van der Waals surface area contributed by atoms with Crippen LogP contribution < -0.4 is 0 Å². The summed E-state index contributed by atoms with van der Waals surface area (Å²) in [5.41, 5.74) is -6.02. The second-order valence-corrected chi connectivity index (χ2v) is 11.2. The van der Waals surface area contributed by atoms with Crippen molar-refractivity contribution in [1.82, 2.24) is 0 Å². The van der Waals surface area contributed by atoms with E-state index < -0.39 is 63.2 Å². The smallest absolute Gasteiger partial charge is 0.221 e. The zero-order valence-corrected chi connectivity index (χ0v) is 18.9. The SMILES string of the molecule is CC1(C)O[C@@H]2CC3C4C[C@H](F)C5=CC(=O)C=CC5(C)[C@@]4(F)C(O)CC3(C)[C@]2(C(=O)S)O1. The topological polar surface area (TPSA) is 72.8 Å². The number of halogens is 2. The molecule has 0 amide bonds. The van der Waals surface area contributed by atoms with Gasteiger partial charge in [-0.3, -0.25) is 9.59 Å². The molecule has 5 nitrogen and oxygen atoms in total. The van der Waals surface area contributed by atoms with Crippen molar-refractivity contribution >= 4 is 23.5 Å². The van der Waals surface area contributed by atoms with Crippen LogP contribution >= 0.6 is 12.6 Å². The first kappa shape index (κ1) is 21.7. The standard InChI is InChI=1S/C23H28F2O5S/c1-19(2)29-17-9-12-13-8-15(24)14-7-11(26)5-6-20(14,3)22(13,25)16(27)10-21(12,4)23(17,30-19)18(28)31/h5-7,12-13,15-17,27H,8-10H2,1-4H3,(H,28,31)/t12?,13?,15-,16?,17+,20?,21?,22-,23-/m0/s1. The van der Waals surface area contributed by atoms with Crippen molar-refractivity contribution < 1.29 is 33.0 Å². The quantitative estimate of drug-likeness (QED) is 0.595. The summed E-state index contributed by atoms with van der Waals surface area (Å²) in [4.78, 5) is 24.8. The van der Waals surface area contributed by atoms with Crippen LogP contribution in [0.5, 0.6) is 0 Å². The number of hydrogen-bond donors (Lipinski definition) is 2. The summed E-state index contributed by atoms with van der Waals surface area (Å²) in [6.45, 7) is 6.78. The molecule has 8 heteroatoms. The molecule has 0 radical (unpaired) electrons. The van der Waals surface area contributed by atoms with Crippen molar-refractivity contribution in [3.8, 4) is 0 Å². The average molecular weight is 455 g/mol. The molecule has 0 aromatic rings. The Balaban J connectivity index is 1.66. The summed E-state index contributed by atoms with van der Waals surface area (Å²) in [6.07, 6.45) is 0.204. The number of carbonyl (C=O) groups excluding carboxylic acids is 2. The van der Waals surface area contributed by atoms with E-state index in [4.69, 9.17) is 9.47 Å². The van der Waals surface area contributed by atoms with Gasteiger partial charge in [-0.25, -0.2) is 8.78 Å². The fourth-order valence-electron chi connectivity index (χ4n) is 7.67. The summed E-state index contributed by atoms with van der Waals surface area (Å²) in [7, 11) is 0. The third kappa shape index (κ3) is 2.32. The lowest BCUT2D eigenvalue weighted by Gasteiger charge is -2.63. The van der Waals surface area contributed by atoms with Crippen molar-refractivity contribution in [3.63, 3.8) is 0 Å². The molecule has 1 saturated heterocycles. The summed E-state index contributed by atoms with van der Waals surface area (Å²) < 4.78 is 44.7. The Bertz CT molecular complexity index is 948. The molecule has 5 rings (SSSR count). The molecule has 0 spiro atoms. The molecular weight excluding hydrogens is 426 g/mol. The lowest BCUT2D eigenvalue weighted by atomic mass is 9.44. The monoisotopic (exact) mass is 454 g/mol. The molecule has 1 heterocycles. The van der Waals surface area contributed by atoms with Gasteiger partial charge in [0.25, 0.3) is 0 Å². The van der Waals surface area contributed by atoms with E-state index in [-0.39, 0.29) is 24.2 Å². The largest absolute Gasteiger partial charge is 0.390 e. The number of thiol groups is 1. The number of carbonyl (C=O) groups is 2. The van der Waals surface area contributed by atoms with Crippen LogP contribution in [0.25, 0.3) is 0 Å². The van der Waals surface area contributed by atoms with Gasteiger partial charge in [0.1, 0.15) is 6.17 Å². The Labute approximate surface area is 185 Å². The van der Waals surface area contributed by atoms with Crippen molar-refractivity contribution in [3.05, 3.63) is 23.8 Å². The van der Waals surface area contributed by atoms with Gasteiger partial charge in [0, 0.05) is 16.7 Å². The van der Waals surface area contributed by atoms with E-state index in [2.05, 4.69) is 12.6 Å². The summed E-state index contributed by atoms with van der Waals surface area (Å²) in [5, 5.41) is 10.8. The summed E-state index contributed by atoms with van der Waals surface area (Å²) in [6, 6.07) is 0. The highest BCUT2D eigenvalue weighted by atomic mass is 32.1. The predicted molar refractivity (Wildman–Crippen MR) is 111 cm³/mol. The van der Waals surface area contributed by atoms with Gasteiger partial charge >= 0.3 is 0 Å². The Hall–Kier alpha value is -1.09. The number of hydrogen-bond acceptors (Lipinski definition) is 5. The van der Waals surface area contributed by atoms with Gasteiger partial charge in [-0.05, 0) is 63.7 Å². The first-order valence-electron chi connectivity index (χ1n) is 10.8. The molecule has 0 aromatic heterocycles. The van der Waals surface area contributed by atoms with Crippen LogP contribution in [0.15, 0.2) is 23.8 Å². The van der Waals surface area contributed by atoms with Gasteiger partial charge in [0.15, 0.2) is 22.8 Å². The van der Waals surface area contributed by atoms with Gasteiger partial charge in [0.05, 0.1) is 12.2 Å². The second kappa shape index (κ2) is 6.07. The Morgan fingerprint density at radius 2 is 1.90 bits per heavy atom. The Kier molecular flexibility index (Phi) is 4.26. The van der Waals surface area contributed by atoms with Crippen LogP contribution in [0, 0.1) is 22.7 Å². The normalized spacial score (nSPS) is 54.5. The van der Waals surface area contributed by atoms with Gasteiger partial charge in [-0.2, -0.15) is 0 Å². The molecule has 1 N–H and O–H groups in total. The van der Waals surface area contributed by atoms with Crippen LogP contribution in [0.1, 0.15) is 47.0 Å². The highest BCUT2D eigenvalue weighted by Gasteiger charge is 2.80. The van der Waals surface area contributed by atoms with Gasteiger partial charge in [-0.1, -0.05) is 13.0 Å². The maximum absolute atomic E-state index is 17.1. The number of rotatable bonds is 1. The summed E-state index contributed by atoms with van der Waals surface area (Å²) in [5.74, 6) is -2.77. The predicted octanol–water partition coefficient (Wildman–Crippen LogP) is 3.26. The number of ketones is 1. The van der Waals surface area contributed by atoms with Crippen LogP contribution in [-0.4, -0.2) is 51.4 Å². The number of allylic oxidation sites excluding steroid dienone is 4. The fraction of sp³-hybridized carbons (Fsp3) is 0.739. The maximum atomic E-state index is 17.1. The molecule has 0 bridgehead atoms.